The molecule has 2 aromatic rings. The number of thiazole rings is 1. The summed E-state index contributed by atoms with van der Waals surface area (Å²) < 4.78 is 5.04. The summed E-state index contributed by atoms with van der Waals surface area (Å²) in [7, 11) is 0. The fraction of sp³-hybridized carbons (Fsp3) is 0.467. The summed E-state index contributed by atoms with van der Waals surface area (Å²) in [5.74, 6) is -0.0226. The first-order valence-electron chi connectivity index (χ1n) is 7.19. The third kappa shape index (κ3) is 6.91. The molecule has 2 rings (SSSR count). The fourth-order valence-electron chi connectivity index (χ4n) is 2.05. The van der Waals surface area contributed by atoms with Crippen molar-refractivity contribution in [3.05, 3.63) is 29.7 Å². The van der Waals surface area contributed by atoms with Crippen LogP contribution in [0.5, 0.6) is 0 Å². The molecule has 0 aliphatic heterocycles. The molecule has 0 aliphatic rings. The molecule has 0 fully saturated rings. The molecule has 2 heterocycles. The monoisotopic (exact) mass is 379 g/mol. The molecule has 1 amide bonds. The third-order valence-corrected chi connectivity index (χ3v) is 4.16. The predicted octanol–water partition coefficient (Wildman–Crippen LogP) is 3.42. The van der Waals surface area contributed by atoms with Crippen LogP contribution in [0.25, 0.3) is 10.6 Å². The van der Waals surface area contributed by atoms with E-state index in [2.05, 4.69) is 17.2 Å². The second-order valence-corrected chi connectivity index (χ2v) is 5.83. The zero-order valence-corrected chi connectivity index (χ0v) is 15.4. The Kier molecular flexibility index (Phi) is 10.9. The number of nitrogens with two attached hydrogens (primary N) is 1. The van der Waals surface area contributed by atoms with E-state index in [1.807, 2.05) is 11.4 Å². The van der Waals surface area contributed by atoms with E-state index in [-0.39, 0.29) is 43.2 Å². The zero-order valence-electron chi connectivity index (χ0n) is 13.0. The van der Waals surface area contributed by atoms with Crippen LogP contribution in [0.4, 0.5) is 0 Å². The molecular formula is C15H23Cl2N3O2S. The van der Waals surface area contributed by atoms with Gasteiger partial charge in [-0.3, -0.25) is 4.79 Å². The van der Waals surface area contributed by atoms with E-state index < -0.39 is 0 Å². The summed E-state index contributed by atoms with van der Waals surface area (Å²) in [4.78, 5) is 16.5. The predicted molar refractivity (Wildman–Crippen MR) is 98.5 cm³/mol. The number of rotatable bonds is 8. The number of carbonyl (C=O) groups is 1. The smallest absolute Gasteiger partial charge is 0.226 e. The van der Waals surface area contributed by atoms with E-state index in [0.717, 1.165) is 35.5 Å². The largest absolute Gasteiger partial charge is 0.472 e. The number of hydrogen-bond acceptors (Lipinski definition) is 5. The highest BCUT2D eigenvalue weighted by atomic mass is 35.5. The number of hydrogen-bond donors (Lipinski definition) is 2. The fourth-order valence-corrected chi connectivity index (χ4v) is 2.86. The van der Waals surface area contributed by atoms with E-state index >= 15 is 0 Å². The van der Waals surface area contributed by atoms with Crippen LogP contribution in [0, 0.1) is 0 Å². The number of amides is 1. The van der Waals surface area contributed by atoms with Crippen molar-refractivity contribution in [2.45, 2.75) is 38.6 Å². The Balaban J connectivity index is 0.00000242. The molecule has 2 aromatic heterocycles. The van der Waals surface area contributed by atoms with Crippen molar-refractivity contribution in [2.24, 2.45) is 5.73 Å². The summed E-state index contributed by atoms with van der Waals surface area (Å²) in [5.41, 5.74) is 7.40. The molecule has 0 saturated heterocycles. The van der Waals surface area contributed by atoms with Gasteiger partial charge in [0.05, 0.1) is 18.4 Å². The number of furan rings is 1. The van der Waals surface area contributed by atoms with Gasteiger partial charge in [-0.25, -0.2) is 4.98 Å². The molecule has 130 valence electrons. The standard InChI is InChI=1S/C15H21N3O2S.2ClH/c1-2-3-4-12(8-16)17-14(19)7-13-10-21-15(18-13)11-5-6-20-9-11;;/h5-6,9-10,12H,2-4,7-8,16H2,1H3,(H,17,19);2*1H. The minimum atomic E-state index is -0.0226. The van der Waals surface area contributed by atoms with Crippen LogP contribution in [-0.2, 0) is 11.2 Å². The van der Waals surface area contributed by atoms with Gasteiger partial charge in [0.15, 0.2) is 0 Å². The lowest BCUT2D eigenvalue weighted by atomic mass is 10.1. The third-order valence-electron chi connectivity index (χ3n) is 3.22. The van der Waals surface area contributed by atoms with Gasteiger partial charge in [-0.05, 0) is 12.5 Å². The molecule has 5 nitrogen and oxygen atoms in total. The summed E-state index contributed by atoms with van der Waals surface area (Å²) in [6.45, 7) is 2.60. The Labute approximate surface area is 152 Å². The molecule has 0 aromatic carbocycles. The van der Waals surface area contributed by atoms with Gasteiger partial charge < -0.3 is 15.5 Å². The van der Waals surface area contributed by atoms with E-state index in [9.17, 15) is 4.79 Å². The van der Waals surface area contributed by atoms with Gasteiger partial charge >= 0.3 is 0 Å². The Bertz CT molecular complexity index is 561. The summed E-state index contributed by atoms with van der Waals surface area (Å²) in [6.07, 6.45) is 6.66. The molecular weight excluding hydrogens is 357 g/mol. The first-order chi connectivity index (χ1) is 10.2. The summed E-state index contributed by atoms with van der Waals surface area (Å²) in [5, 5.41) is 5.75. The Morgan fingerprint density at radius 1 is 1.48 bits per heavy atom. The molecule has 0 spiro atoms. The molecule has 0 bridgehead atoms. The molecule has 0 radical (unpaired) electrons. The quantitative estimate of drug-likeness (QED) is 0.735. The van der Waals surface area contributed by atoms with E-state index in [4.69, 9.17) is 10.2 Å². The first kappa shape index (κ1) is 21.9. The van der Waals surface area contributed by atoms with Crippen LogP contribution >= 0.6 is 36.2 Å². The van der Waals surface area contributed by atoms with Crippen LogP contribution in [0.1, 0.15) is 31.9 Å². The summed E-state index contributed by atoms with van der Waals surface area (Å²) in [6, 6.07) is 1.92. The Hall–Kier alpha value is -1.08. The topological polar surface area (TPSA) is 81.1 Å². The second kappa shape index (κ2) is 11.5. The molecule has 1 atom stereocenters. The molecule has 3 N–H and O–H groups in total. The normalized spacial score (nSPS) is 11.2. The lowest BCUT2D eigenvalue weighted by molar-refractivity contribution is -0.121. The van der Waals surface area contributed by atoms with Crippen molar-refractivity contribution >= 4 is 42.1 Å². The van der Waals surface area contributed by atoms with Gasteiger partial charge in [0.1, 0.15) is 11.3 Å². The van der Waals surface area contributed by atoms with Crippen molar-refractivity contribution < 1.29 is 9.21 Å². The van der Waals surface area contributed by atoms with Crippen LogP contribution < -0.4 is 11.1 Å². The van der Waals surface area contributed by atoms with Gasteiger partial charge in [0.25, 0.3) is 0 Å². The average Bonchev–Trinajstić information content (AvgIpc) is 3.13. The highest BCUT2D eigenvalue weighted by Crippen LogP contribution is 2.24. The van der Waals surface area contributed by atoms with Gasteiger partial charge in [0, 0.05) is 23.5 Å². The Morgan fingerprint density at radius 2 is 2.26 bits per heavy atom. The lowest BCUT2D eigenvalue weighted by Crippen LogP contribution is -2.40. The van der Waals surface area contributed by atoms with Crippen molar-refractivity contribution in [1.29, 1.82) is 0 Å². The molecule has 0 saturated carbocycles. The average molecular weight is 380 g/mol. The maximum absolute atomic E-state index is 12.0. The number of unbranched alkanes of at least 4 members (excludes halogenated alkanes) is 1. The number of halogens is 2. The van der Waals surface area contributed by atoms with E-state index in [1.165, 1.54) is 11.3 Å². The van der Waals surface area contributed by atoms with Gasteiger partial charge in [-0.1, -0.05) is 19.8 Å². The zero-order chi connectivity index (χ0) is 15.1. The first-order valence-corrected chi connectivity index (χ1v) is 8.07. The van der Waals surface area contributed by atoms with Crippen LogP contribution in [0.2, 0.25) is 0 Å². The number of carbonyl (C=O) groups excluding carboxylic acids is 1. The SMILES string of the molecule is CCCCC(CN)NC(=O)Cc1csc(-c2ccoc2)n1.Cl.Cl. The van der Waals surface area contributed by atoms with Crippen molar-refractivity contribution in [3.63, 3.8) is 0 Å². The molecule has 1 unspecified atom stereocenters. The number of nitrogens with one attached hydrogen (secondary N) is 1. The second-order valence-electron chi connectivity index (χ2n) is 4.98. The molecule has 0 aliphatic carbocycles. The summed E-state index contributed by atoms with van der Waals surface area (Å²) >= 11 is 1.51. The highest BCUT2D eigenvalue weighted by Gasteiger charge is 2.13. The van der Waals surface area contributed by atoms with Crippen LogP contribution in [0.15, 0.2) is 28.4 Å². The number of nitrogens with zero attached hydrogens (tertiary/aromatic N) is 1. The van der Waals surface area contributed by atoms with Gasteiger partial charge in [-0.15, -0.1) is 36.2 Å². The van der Waals surface area contributed by atoms with Crippen molar-refractivity contribution in [1.82, 2.24) is 10.3 Å². The van der Waals surface area contributed by atoms with Crippen LogP contribution in [-0.4, -0.2) is 23.5 Å². The van der Waals surface area contributed by atoms with E-state index in [0.29, 0.717) is 6.54 Å². The van der Waals surface area contributed by atoms with Crippen molar-refractivity contribution in [2.75, 3.05) is 6.54 Å². The Morgan fingerprint density at radius 3 is 2.87 bits per heavy atom. The van der Waals surface area contributed by atoms with Gasteiger partial charge in [-0.2, -0.15) is 0 Å². The van der Waals surface area contributed by atoms with Crippen molar-refractivity contribution in [3.8, 4) is 10.6 Å². The van der Waals surface area contributed by atoms with Crippen LogP contribution in [0.3, 0.4) is 0 Å². The maximum atomic E-state index is 12.0. The molecule has 8 heteroatoms. The van der Waals surface area contributed by atoms with Gasteiger partial charge in [0.2, 0.25) is 5.91 Å². The lowest BCUT2D eigenvalue weighted by Gasteiger charge is -2.15. The van der Waals surface area contributed by atoms with E-state index in [1.54, 1.807) is 12.5 Å². The maximum Gasteiger partial charge on any atom is 0.226 e. The molecule has 23 heavy (non-hydrogen) atoms. The number of aromatic nitrogens is 1. The highest BCUT2D eigenvalue weighted by molar-refractivity contribution is 7.13. The minimum absolute atomic E-state index is 0. The minimum Gasteiger partial charge on any atom is -0.472 e.